The molecule has 1 aromatic rings. The van der Waals surface area contributed by atoms with Crippen LogP contribution in [0.25, 0.3) is 0 Å². The van der Waals surface area contributed by atoms with Crippen LogP contribution in [-0.4, -0.2) is 26.9 Å². The van der Waals surface area contributed by atoms with Gasteiger partial charge in [-0.05, 0) is 117 Å². The van der Waals surface area contributed by atoms with Gasteiger partial charge in [0, 0.05) is 12.4 Å². The summed E-state index contributed by atoms with van der Waals surface area (Å²) in [6, 6.07) is 4.14. The Balaban J connectivity index is 1.37. The highest BCUT2D eigenvalue weighted by Crippen LogP contribution is 2.68. The first-order valence-electron chi connectivity index (χ1n) is 13.3. The Hall–Kier alpha value is -1.19. The molecule has 3 nitrogen and oxygen atoms in total. The lowest BCUT2D eigenvalue weighted by atomic mass is 9.46. The largest absolute Gasteiger partial charge is 0.393 e. The number of aliphatic hydroxyl groups is 2. The first kappa shape index (κ1) is 22.6. The minimum Gasteiger partial charge on any atom is -0.393 e. The summed E-state index contributed by atoms with van der Waals surface area (Å²) in [6.45, 7) is 7.23. The molecule has 0 spiro atoms. The van der Waals surface area contributed by atoms with Gasteiger partial charge >= 0.3 is 0 Å². The summed E-state index contributed by atoms with van der Waals surface area (Å²) in [5.41, 5.74) is 2.75. The van der Waals surface area contributed by atoms with E-state index in [1.807, 2.05) is 18.5 Å². The molecule has 32 heavy (non-hydrogen) atoms. The third-order valence-electron chi connectivity index (χ3n) is 10.9. The maximum absolute atomic E-state index is 12.0. The van der Waals surface area contributed by atoms with Crippen molar-refractivity contribution >= 4 is 0 Å². The lowest BCUT2D eigenvalue weighted by Crippen LogP contribution is -2.53. The normalized spacial score (nSPS) is 42.9. The number of rotatable bonds is 5. The Bertz CT molecular complexity index is 852. The Morgan fingerprint density at radius 1 is 1.12 bits per heavy atom. The molecule has 0 amide bonds. The molecule has 0 aromatic carbocycles. The highest BCUT2D eigenvalue weighted by Gasteiger charge is 2.61. The maximum atomic E-state index is 12.0. The number of hydrogen-bond donors (Lipinski definition) is 2. The van der Waals surface area contributed by atoms with E-state index in [4.69, 9.17) is 0 Å². The molecule has 4 aliphatic carbocycles. The van der Waals surface area contributed by atoms with E-state index in [1.165, 1.54) is 37.7 Å². The van der Waals surface area contributed by atoms with Crippen LogP contribution >= 0.6 is 0 Å². The first-order chi connectivity index (χ1) is 15.3. The van der Waals surface area contributed by atoms with Crippen molar-refractivity contribution in [2.45, 2.75) is 103 Å². The Morgan fingerprint density at radius 3 is 2.72 bits per heavy atom. The number of fused-ring (bicyclic) bond motifs is 5. The fourth-order valence-electron chi connectivity index (χ4n) is 9.03. The predicted octanol–water partition coefficient (Wildman–Crippen LogP) is 6.10. The van der Waals surface area contributed by atoms with Gasteiger partial charge in [0.2, 0.25) is 0 Å². The topological polar surface area (TPSA) is 53.4 Å². The smallest absolute Gasteiger partial charge is 0.0681 e. The Labute approximate surface area is 194 Å². The number of aromatic nitrogens is 1. The van der Waals surface area contributed by atoms with Gasteiger partial charge in [0.25, 0.3) is 0 Å². The van der Waals surface area contributed by atoms with Gasteiger partial charge in [0.15, 0.2) is 0 Å². The molecule has 0 aliphatic heterocycles. The van der Waals surface area contributed by atoms with E-state index in [9.17, 15) is 10.2 Å². The van der Waals surface area contributed by atoms with E-state index in [1.54, 1.807) is 5.57 Å². The van der Waals surface area contributed by atoms with Gasteiger partial charge in [-0.15, -0.1) is 0 Å². The molecule has 5 rings (SSSR count). The van der Waals surface area contributed by atoms with Crippen LogP contribution in [-0.2, 0) is 6.42 Å². The van der Waals surface area contributed by atoms with Gasteiger partial charge in [-0.25, -0.2) is 0 Å². The zero-order valence-corrected chi connectivity index (χ0v) is 20.4. The fraction of sp³-hybridized carbons (Fsp3) is 0.759. The SMILES string of the molecule is CC[C@@](O)(CCc1cccnc1)[C@H]1CC[C@H]2[C@@H]3CC=C4C[C@@H](O)CC[C@]4(C)[C@H]3CC[C@]12C. The van der Waals surface area contributed by atoms with E-state index in [-0.39, 0.29) is 11.5 Å². The van der Waals surface area contributed by atoms with Crippen LogP contribution in [0.5, 0.6) is 0 Å². The summed E-state index contributed by atoms with van der Waals surface area (Å²) in [7, 11) is 0. The van der Waals surface area contributed by atoms with Crippen molar-refractivity contribution in [3.8, 4) is 0 Å². The second kappa shape index (κ2) is 8.24. The zero-order chi connectivity index (χ0) is 22.6. The predicted molar refractivity (Wildman–Crippen MR) is 129 cm³/mol. The van der Waals surface area contributed by atoms with Crippen molar-refractivity contribution in [2.75, 3.05) is 0 Å². The van der Waals surface area contributed by atoms with Gasteiger partial charge in [-0.1, -0.05) is 38.5 Å². The van der Waals surface area contributed by atoms with Crippen molar-refractivity contribution in [3.05, 3.63) is 41.7 Å². The number of aryl methyl sites for hydroxylation is 1. The van der Waals surface area contributed by atoms with Crippen LogP contribution in [0.15, 0.2) is 36.2 Å². The molecule has 2 N–H and O–H groups in total. The zero-order valence-electron chi connectivity index (χ0n) is 20.4. The molecular formula is C29H43NO2. The summed E-state index contributed by atoms with van der Waals surface area (Å²) in [5.74, 6) is 2.64. The standard InChI is InChI=1S/C29H43NO2/c1-4-29(32,16-11-20-6-5-17-30-19-20)26-10-9-24-23-8-7-21-18-22(31)12-14-27(21,2)25(23)13-15-28(24,26)3/h5-7,17,19,22-26,31-32H,4,8-16,18H2,1-3H3/t22-,23-,24-,25-,26-,27-,28-,29+/m0/s1. The van der Waals surface area contributed by atoms with Crippen molar-refractivity contribution < 1.29 is 10.2 Å². The molecule has 3 saturated carbocycles. The van der Waals surface area contributed by atoms with E-state index in [0.717, 1.165) is 56.3 Å². The van der Waals surface area contributed by atoms with Gasteiger partial charge < -0.3 is 10.2 Å². The number of hydrogen-bond acceptors (Lipinski definition) is 3. The molecule has 4 aliphatic rings. The summed E-state index contributed by atoms with van der Waals surface area (Å²) in [4.78, 5) is 4.27. The lowest BCUT2D eigenvalue weighted by Gasteiger charge is -2.59. The van der Waals surface area contributed by atoms with Gasteiger partial charge in [0.1, 0.15) is 0 Å². The molecular weight excluding hydrogens is 394 g/mol. The van der Waals surface area contributed by atoms with E-state index in [2.05, 4.69) is 37.9 Å². The Morgan fingerprint density at radius 2 is 1.97 bits per heavy atom. The molecule has 1 heterocycles. The molecule has 3 heteroatoms. The minimum atomic E-state index is -0.583. The number of aliphatic hydroxyl groups excluding tert-OH is 1. The number of allylic oxidation sites excluding steroid dienone is 1. The lowest BCUT2D eigenvalue weighted by molar-refractivity contribution is -0.114. The average Bonchev–Trinajstić information content (AvgIpc) is 3.16. The van der Waals surface area contributed by atoms with Crippen LogP contribution in [0.2, 0.25) is 0 Å². The summed E-state index contributed by atoms with van der Waals surface area (Å²) in [5, 5.41) is 22.2. The van der Waals surface area contributed by atoms with E-state index >= 15 is 0 Å². The molecule has 176 valence electrons. The van der Waals surface area contributed by atoms with Crippen molar-refractivity contribution in [2.24, 2.45) is 34.5 Å². The highest BCUT2D eigenvalue weighted by molar-refractivity contribution is 5.25. The molecule has 0 saturated heterocycles. The van der Waals surface area contributed by atoms with Gasteiger partial charge in [-0.3, -0.25) is 4.98 Å². The summed E-state index contributed by atoms with van der Waals surface area (Å²) in [6.07, 6.45) is 18.0. The van der Waals surface area contributed by atoms with Crippen molar-refractivity contribution in [3.63, 3.8) is 0 Å². The molecule has 0 unspecified atom stereocenters. The maximum Gasteiger partial charge on any atom is 0.0681 e. The average molecular weight is 438 g/mol. The van der Waals surface area contributed by atoms with Crippen LogP contribution in [0.4, 0.5) is 0 Å². The summed E-state index contributed by atoms with van der Waals surface area (Å²) < 4.78 is 0. The molecule has 1 aromatic heterocycles. The number of pyridine rings is 1. The second-order valence-corrected chi connectivity index (χ2v) is 12.1. The molecule has 8 atom stereocenters. The van der Waals surface area contributed by atoms with Crippen LogP contribution < -0.4 is 0 Å². The fourth-order valence-corrected chi connectivity index (χ4v) is 9.03. The van der Waals surface area contributed by atoms with Crippen LogP contribution in [0.3, 0.4) is 0 Å². The number of nitrogens with zero attached hydrogens (tertiary/aromatic N) is 1. The summed E-state index contributed by atoms with van der Waals surface area (Å²) >= 11 is 0. The van der Waals surface area contributed by atoms with Crippen LogP contribution in [0, 0.1) is 34.5 Å². The van der Waals surface area contributed by atoms with E-state index < -0.39 is 5.60 Å². The molecule has 3 fully saturated rings. The van der Waals surface area contributed by atoms with E-state index in [0.29, 0.717) is 11.3 Å². The van der Waals surface area contributed by atoms with Crippen LogP contribution in [0.1, 0.15) is 90.5 Å². The monoisotopic (exact) mass is 437 g/mol. The third kappa shape index (κ3) is 3.50. The quantitative estimate of drug-likeness (QED) is 0.548. The third-order valence-corrected chi connectivity index (χ3v) is 10.9. The minimum absolute atomic E-state index is 0.130. The first-order valence-corrected chi connectivity index (χ1v) is 13.3. The molecule has 0 bridgehead atoms. The van der Waals surface area contributed by atoms with Gasteiger partial charge in [0.05, 0.1) is 11.7 Å². The molecule has 0 radical (unpaired) electrons. The Kier molecular flexibility index (Phi) is 5.82. The van der Waals surface area contributed by atoms with Crippen molar-refractivity contribution in [1.82, 2.24) is 4.98 Å². The highest BCUT2D eigenvalue weighted by atomic mass is 16.3. The van der Waals surface area contributed by atoms with Gasteiger partial charge in [-0.2, -0.15) is 0 Å². The van der Waals surface area contributed by atoms with Crippen molar-refractivity contribution in [1.29, 1.82) is 0 Å². The second-order valence-electron chi connectivity index (χ2n) is 12.1.